The molecule has 0 saturated carbocycles. The van der Waals surface area contributed by atoms with Crippen molar-refractivity contribution in [2.75, 3.05) is 7.11 Å². The largest absolute Gasteiger partial charge is 0.496 e. The molecule has 2 aromatic rings. The number of aryl methyl sites for hydroxylation is 1. The standard InChI is InChI=1S/C19H21N5O5/c1-10-15-12(21-24-19(20)27)7-5-9-14(15)29-16(10)18(26)23-22-17(25)11-6-3-4-8-13(11)28-2/h3-4,6,8H,5,7,9H2,1-2H3,(H,22,25)(H,23,26)(H3,20,24,27)/b21-12+. The molecule has 0 saturated heterocycles. The van der Waals surface area contributed by atoms with E-state index in [1.807, 2.05) is 0 Å². The van der Waals surface area contributed by atoms with Crippen LogP contribution in [0.25, 0.3) is 0 Å². The molecule has 3 rings (SSSR count). The minimum absolute atomic E-state index is 0.0593. The van der Waals surface area contributed by atoms with Crippen LogP contribution in [0.15, 0.2) is 33.8 Å². The van der Waals surface area contributed by atoms with Crippen LogP contribution in [0.5, 0.6) is 5.75 Å². The van der Waals surface area contributed by atoms with Crippen molar-refractivity contribution in [1.82, 2.24) is 16.3 Å². The summed E-state index contributed by atoms with van der Waals surface area (Å²) in [5, 5.41) is 4.01. The van der Waals surface area contributed by atoms with Crippen LogP contribution in [-0.2, 0) is 6.42 Å². The first-order chi connectivity index (χ1) is 13.9. The Labute approximate surface area is 166 Å². The number of primary amides is 1. The lowest BCUT2D eigenvalue weighted by Crippen LogP contribution is -2.41. The molecule has 152 valence electrons. The van der Waals surface area contributed by atoms with Gasteiger partial charge in [0.1, 0.15) is 11.5 Å². The van der Waals surface area contributed by atoms with E-state index >= 15 is 0 Å². The summed E-state index contributed by atoms with van der Waals surface area (Å²) in [4.78, 5) is 35.8. The van der Waals surface area contributed by atoms with E-state index in [9.17, 15) is 14.4 Å². The number of urea groups is 1. The van der Waals surface area contributed by atoms with E-state index < -0.39 is 17.8 Å². The molecule has 10 heteroatoms. The third kappa shape index (κ3) is 4.21. The number of fused-ring (bicyclic) bond motifs is 1. The SMILES string of the molecule is COc1ccccc1C(=O)NNC(=O)c1oc2c(c1C)/C(=N/NC(N)=O)CCC2. The molecule has 4 amide bonds. The second-order valence-electron chi connectivity index (χ2n) is 6.35. The van der Waals surface area contributed by atoms with Crippen LogP contribution in [0, 0.1) is 6.92 Å². The zero-order chi connectivity index (χ0) is 21.0. The van der Waals surface area contributed by atoms with Crippen LogP contribution in [-0.4, -0.2) is 30.7 Å². The number of carbonyl (C=O) groups is 3. The molecule has 0 aliphatic heterocycles. The van der Waals surface area contributed by atoms with Crippen LogP contribution in [0.4, 0.5) is 4.79 Å². The summed E-state index contributed by atoms with van der Waals surface area (Å²) in [7, 11) is 1.45. The zero-order valence-corrected chi connectivity index (χ0v) is 16.0. The molecule has 0 spiro atoms. The molecular formula is C19H21N5O5. The fourth-order valence-electron chi connectivity index (χ4n) is 3.19. The molecule has 1 aliphatic rings. The second kappa shape index (κ2) is 8.46. The lowest BCUT2D eigenvalue weighted by atomic mass is 9.93. The van der Waals surface area contributed by atoms with Gasteiger partial charge in [0.05, 0.1) is 18.4 Å². The summed E-state index contributed by atoms with van der Waals surface area (Å²) in [5.41, 5.74) is 14.1. The summed E-state index contributed by atoms with van der Waals surface area (Å²) in [6.07, 6.45) is 2.00. The number of hydrogen-bond donors (Lipinski definition) is 4. The van der Waals surface area contributed by atoms with Gasteiger partial charge in [0.2, 0.25) is 0 Å². The van der Waals surface area contributed by atoms with E-state index in [1.165, 1.54) is 7.11 Å². The van der Waals surface area contributed by atoms with Gasteiger partial charge in [-0.25, -0.2) is 10.2 Å². The topological polar surface area (TPSA) is 148 Å². The van der Waals surface area contributed by atoms with Crippen molar-refractivity contribution in [3.8, 4) is 5.75 Å². The molecular weight excluding hydrogens is 378 g/mol. The van der Waals surface area contributed by atoms with E-state index in [4.69, 9.17) is 14.9 Å². The third-order valence-electron chi connectivity index (χ3n) is 4.47. The van der Waals surface area contributed by atoms with Crippen molar-refractivity contribution >= 4 is 23.6 Å². The van der Waals surface area contributed by atoms with Crippen LogP contribution >= 0.6 is 0 Å². The van der Waals surface area contributed by atoms with Gasteiger partial charge in [0.15, 0.2) is 5.76 Å². The highest BCUT2D eigenvalue weighted by Gasteiger charge is 2.28. The Morgan fingerprint density at radius 2 is 1.86 bits per heavy atom. The smallest absolute Gasteiger partial charge is 0.332 e. The lowest BCUT2D eigenvalue weighted by molar-refractivity contribution is 0.0827. The number of para-hydroxylation sites is 1. The minimum atomic E-state index is -0.775. The van der Waals surface area contributed by atoms with Gasteiger partial charge in [0, 0.05) is 17.5 Å². The van der Waals surface area contributed by atoms with Gasteiger partial charge in [0.25, 0.3) is 5.91 Å². The molecule has 10 nitrogen and oxygen atoms in total. The van der Waals surface area contributed by atoms with Crippen molar-refractivity contribution in [2.24, 2.45) is 10.8 Å². The number of furan rings is 1. The van der Waals surface area contributed by atoms with E-state index in [2.05, 4.69) is 21.4 Å². The number of nitrogens with zero attached hydrogens (tertiary/aromatic N) is 1. The highest BCUT2D eigenvalue weighted by Crippen LogP contribution is 2.29. The molecule has 1 aromatic carbocycles. The van der Waals surface area contributed by atoms with Crippen molar-refractivity contribution in [3.63, 3.8) is 0 Å². The highest BCUT2D eigenvalue weighted by atomic mass is 16.5. The van der Waals surface area contributed by atoms with Crippen LogP contribution in [0.1, 0.15) is 50.6 Å². The van der Waals surface area contributed by atoms with E-state index in [1.54, 1.807) is 31.2 Å². The van der Waals surface area contributed by atoms with Gasteiger partial charge < -0.3 is 14.9 Å². The monoisotopic (exact) mass is 399 g/mol. The quantitative estimate of drug-likeness (QED) is 0.573. The number of hydrazone groups is 1. The van der Waals surface area contributed by atoms with Crippen LogP contribution in [0.2, 0.25) is 0 Å². The number of nitrogens with one attached hydrogen (secondary N) is 3. The molecule has 1 aliphatic carbocycles. The molecule has 0 fully saturated rings. The number of carbonyl (C=O) groups excluding carboxylic acids is 3. The van der Waals surface area contributed by atoms with E-state index in [-0.39, 0.29) is 11.3 Å². The van der Waals surface area contributed by atoms with Crippen molar-refractivity contribution in [3.05, 3.63) is 52.5 Å². The Bertz CT molecular complexity index is 995. The predicted octanol–water partition coefficient (Wildman–Crippen LogP) is 1.38. The van der Waals surface area contributed by atoms with E-state index in [0.29, 0.717) is 41.2 Å². The maximum atomic E-state index is 12.6. The normalized spacial score (nSPS) is 14.1. The summed E-state index contributed by atoms with van der Waals surface area (Å²) in [6.45, 7) is 1.71. The van der Waals surface area contributed by atoms with Gasteiger partial charge in [-0.15, -0.1) is 0 Å². The van der Waals surface area contributed by atoms with Gasteiger partial charge in [-0.1, -0.05) is 12.1 Å². The number of nitrogens with two attached hydrogens (primary N) is 1. The average molecular weight is 399 g/mol. The Morgan fingerprint density at radius 1 is 1.14 bits per heavy atom. The van der Waals surface area contributed by atoms with Crippen molar-refractivity contribution in [2.45, 2.75) is 26.2 Å². The second-order valence-corrected chi connectivity index (χ2v) is 6.35. The number of methoxy groups -OCH3 is 1. The predicted molar refractivity (Wildman–Crippen MR) is 104 cm³/mol. The number of ether oxygens (including phenoxy) is 1. The Balaban J connectivity index is 1.76. The molecule has 5 N–H and O–H groups in total. The molecule has 1 heterocycles. The first kappa shape index (κ1) is 19.9. The number of hydrazine groups is 1. The number of hydrogen-bond acceptors (Lipinski definition) is 6. The van der Waals surface area contributed by atoms with E-state index in [0.717, 1.165) is 6.42 Å². The number of benzene rings is 1. The summed E-state index contributed by atoms with van der Waals surface area (Å²) in [5.74, 6) is -0.101. The Kier molecular flexibility index (Phi) is 5.82. The molecule has 0 radical (unpaired) electrons. The third-order valence-corrected chi connectivity index (χ3v) is 4.47. The molecule has 0 unspecified atom stereocenters. The van der Waals surface area contributed by atoms with Crippen LogP contribution < -0.4 is 26.7 Å². The fraction of sp³-hybridized carbons (Fsp3) is 0.263. The first-order valence-electron chi connectivity index (χ1n) is 8.90. The number of amides is 4. The number of rotatable bonds is 4. The summed E-state index contributed by atoms with van der Waals surface area (Å²) < 4.78 is 10.8. The minimum Gasteiger partial charge on any atom is -0.496 e. The lowest BCUT2D eigenvalue weighted by Gasteiger charge is -2.13. The Hall–Kier alpha value is -3.82. The first-order valence-corrected chi connectivity index (χ1v) is 8.90. The highest BCUT2D eigenvalue weighted by molar-refractivity contribution is 6.07. The fourth-order valence-corrected chi connectivity index (χ4v) is 3.19. The van der Waals surface area contributed by atoms with Gasteiger partial charge in [-0.05, 0) is 31.9 Å². The maximum Gasteiger partial charge on any atom is 0.332 e. The van der Waals surface area contributed by atoms with Crippen LogP contribution in [0.3, 0.4) is 0 Å². The van der Waals surface area contributed by atoms with Crippen molar-refractivity contribution in [1.29, 1.82) is 0 Å². The molecule has 0 atom stereocenters. The molecule has 29 heavy (non-hydrogen) atoms. The van der Waals surface area contributed by atoms with Crippen molar-refractivity contribution < 1.29 is 23.5 Å². The average Bonchev–Trinajstić information content (AvgIpc) is 3.07. The van der Waals surface area contributed by atoms with Gasteiger partial charge in [-0.2, -0.15) is 5.10 Å². The molecule has 1 aromatic heterocycles. The maximum absolute atomic E-state index is 12.6. The zero-order valence-electron chi connectivity index (χ0n) is 16.0. The molecule has 0 bridgehead atoms. The van der Waals surface area contributed by atoms with Gasteiger partial charge >= 0.3 is 11.9 Å². The summed E-state index contributed by atoms with van der Waals surface area (Å²) >= 11 is 0. The summed E-state index contributed by atoms with van der Waals surface area (Å²) in [6, 6.07) is 5.86. The Morgan fingerprint density at radius 3 is 2.59 bits per heavy atom. The van der Waals surface area contributed by atoms with Gasteiger partial charge in [-0.3, -0.25) is 20.4 Å².